The lowest BCUT2D eigenvalue weighted by Gasteiger charge is -2.10. The molecule has 2 N–H and O–H groups in total. The van der Waals surface area contributed by atoms with E-state index in [1.165, 1.54) is 36.4 Å². The predicted octanol–water partition coefficient (Wildman–Crippen LogP) is 2.87. The smallest absolute Gasteiger partial charge is 0.261 e. The van der Waals surface area contributed by atoms with E-state index in [0.29, 0.717) is 12.2 Å². The summed E-state index contributed by atoms with van der Waals surface area (Å²) in [5, 5.41) is 0. The molecule has 8 heteroatoms. The molecule has 0 aliphatic rings. The van der Waals surface area contributed by atoms with Crippen LogP contribution in [-0.2, 0) is 20.0 Å². The summed E-state index contributed by atoms with van der Waals surface area (Å²) < 4.78 is 53.8. The molecule has 136 valence electrons. The van der Waals surface area contributed by atoms with E-state index in [0.717, 1.165) is 18.4 Å². The Morgan fingerprint density at radius 1 is 0.800 bits per heavy atom. The monoisotopic (exact) mass is 382 g/mol. The molecule has 2 aromatic carbocycles. The van der Waals surface area contributed by atoms with Gasteiger partial charge in [0.15, 0.2) is 0 Å². The molecule has 0 fully saturated rings. The van der Waals surface area contributed by atoms with Crippen LogP contribution in [0, 0.1) is 6.92 Å². The van der Waals surface area contributed by atoms with E-state index in [1.807, 2.05) is 13.8 Å². The van der Waals surface area contributed by atoms with Gasteiger partial charge in [-0.05, 0) is 49.7 Å². The number of benzene rings is 2. The van der Waals surface area contributed by atoms with Crippen molar-refractivity contribution >= 4 is 25.7 Å². The standard InChI is InChI=1S/C17H22N2O4S2/c1-3-4-13-18-24(20,21)16-11-7-15(8-12-16)19-25(22,23)17-9-5-14(2)6-10-17/h5-12,18-19H,3-4,13H2,1-2H3. The van der Waals surface area contributed by atoms with E-state index in [-0.39, 0.29) is 9.79 Å². The fourth-order valence-corrected chi connectivity index (χ4v) is 4.23. The van der Waals surface area contributed by atoms with Crippen molar-refractivity contribution in [2.45, 2.75) is 36.5 Å². The summed E-state index contributed by atoms with van der Waals surface area (Å²) in [6.45, 7) is 4.22. The van der Waals surface area contributed by atoms with E-state index >= 15 is 0 Å². The minimum Gasteiger partial charge on any atom is -0.280 e. The molecule has 0 atom stereocenters. The lowest BCUT2D eigenvalue weighted by Crippen LogP contribution is -2.24. The van der Waals surface area contributed by atoms with Gasteiger partial charge in [0.25, 0.3) is 10.0 Å². The molecule has 25 heavy (non-hydrogen) atoms. The second-order valence-electron chi connectivity index (χ2n) is 5.69. The molecule has 0 unspecified atom stereocenters. The van der Waals surface area contributed by atoms with Gasteiger partial charge in [-0.3, -0.25) is 4.72 Å². The minimum absolute atomic E-state index is 0.0990. The zero-order valence-corrected chi connectivity index (χ0v) is 15.8. The van der Waals surface area contributed by atoms with Crippen LogP contribution in [0.15, 0.2) is 58.3 Å². The van der Waals surface area contributed by atoms with E-state index in [2.05, 4.69) is 9.44 Å². The lowest BCUT2D eigenvalue weighted by atomic mass is 10.2. The average molecular weight is 383 g/mol. The van der Waals surface area contributed by atoms with Gasteiger partial charge in [-0.2, -0.15) is 0 Å². The molecule has 0 saturated heterocycles. The van der Waals surface area contributed by atoms with Crippen molar-refractivity contribution in [2.75, 3.05) is 11.3 Å². The summed E-state index contributed by atoms with van der Waals surface area (Å²) >= 11 is 0. The number of sulfonamides is 2. The van der Waals surface area contributed by atoms with Gasteiger partial charge in [0, 0.05) is 12.2 Å². The second kappa shape index (κ2) is 7.99. The molecular weight excluding hydrogens is 360 g/mol. The number of nitrogens with one attached hydrogen (secondary N) is 2. The second-order valence-corrected chi connectivity index (χ2v) is 9.14. The first-order valence-electron chi connectivity index (χ1n) is 7.94. The van der Waals surface area contributed by atoms with E-state index < -0.39 is 20.0 Å². The third kappa shape index (κ3) is 5.29. The van der Waals surface area contributed by atoms with E-state index in [4.69, 9.17) is 0 Å². The first-order valence-corrected chi connectivity index (χ1v) is 10.9. The van der Waals surface area contributed by atoms with Crippen molar-refractivity contribution in [3.8, 4) is 0 Å². The van der Waals surface area contributed by atoms with Crippen molar-refractivity contribution in [1.82, 2.24) is 4.72 Å². The predicted molar refractivity (Wildman–Crippen MR) is 98.5 cm³/mol. The van der Waals surface area contributed by atoms with Crippen molar-refractivity contribution in [3.05, 3.63) is 54.1 Å². The van der Waals surface area contributed by atoms with Crippen molar-refractivity contribution in [2.24, 2.45) is 0 Å². The summed E-state index contributed by atoms with van der Waals surface area (Å²) in [6.07, 6.45) is 1.65. The lowest BCUT2D eigenvalue weighted by molar-refractivity contribution is 0.578. The Kier molecular flexibility index (Phi) is 6.21. The van der Waals surface area contributed by atoms with Crippen LogP contribution >= 0.6 is 0 Å². The Bertz CT molecular complexity index is 904. The molecule has 0 bridgehead atoms. The number of unbranched alkanes of at least 4 members (excludes halogenated alkanes) is 1. The zero-order valence-electron chi connectivity index (χ0n) is 14.2. The fraction of sp³-hybridized carbons (Fsp3) is 0.294. The maximum atomic E-state index is 12.3. The van der Waals surface area contributed by atoms with Gasteiger partial charge in [-0.15, -0.1) is 0 Å². The Morgan fingerprint density at radius 3 is 1.88 bits per heavy atom. The molecule has 0 aliphatic heterocycles. The summed E-state index contributed by atoms with van der Waals surface area (Å²) in [5.41, 5.74) is 1.26. The van der Waals surface area contributed by atoms with Crippen LogP contribution in [0.25, 0.3) is 0 Å². The minimum atomic E-state index is -3.71. The molecule has 2 rings (SSSR count). The van der Waals surface area contributed by atoms with Gasteiger partial charge in [0.05, 0.1) is 9.79 Å². The summed E-state index contributed by atoms with van der Waals surface area (Å²) in [4.78, 5) is 0.248. The number of anilines is 1. The van der Waals surface area contributed by atoms with Crippen LogP contribution in [0.2, 0.25) is 0 Å². The topological polar surface area (TPSA) is 92.3 Å². The van der Waals surface area contributed by atoms with Gasteiger partial charge in [0.2, 0.25) is 10.0 Å². The number of hydrogen-bond acceptors (Lipinski definition) is 4. The molecule has 6 nitrogen and oxygen atoms in total. The molecule has 2 aromatic rings. The van der Waals surface area contributed by atoms with Crippen LogP contribution in [0.1, 0.15) is 25.3 Å². The molecule has 0 radical (unpaired) electrons. The first kappa shape index (κ1) is 19.4. The molecule has 0 amide bonds. The van der Waals surface area contributed by atoms with Crippen LogP contribution < -0.4 is 9.44 Å². The number of aryl methyl sites for hydroxylation is 1. The van der Waals surface area contributed by atoms with Crippen molar-refractivity contribution in [1.29, 1.82) is 0 Å². The van der Waals surface area contributed by atoms with Gasteiger partial charge >= 0.3 is 0 Å². The normalized spacial score (nSPS) is 12.1. The molecule has 0 heterocycles. The van der Waals surface area contributed by atoms with Crippen LogP contribution in [0.5, 0.6) is 0 Å². The molecule has 0 aromatic heterocycles. The highest BCUT2D eigenvalue weighted by atomic mass is 32.2. The molecule has 0 aliphatic carbocycles. The summed E-state index contributed by atoms with van der Waals surface area (Å²) in [6, 6.07) is 12.1. The summed E-state index contributed by atoms with van der Waals surface area (Å²) in [7, 11) is -7.29. The van der Waals surface area contributed by atoms with Crippen molar-refractivity contribution < 1.29 is 16.8 Å². The quantitative estimate of drug-likeness (QED) is 0.687. The zero-order chi connectivity index (χ0) is 18.5. The maximum Gasteiger partial charge on any atom is 0.261 e. The highest BCUT2D eigenvalue weighted by Crippen LogP contribution is 2.19. The van der Waals surface area contributed by atoms with Crippen LogP contribution in [-0.4, -0.2) is 23.4 Å². The van der Waals surface area contributed by atoms with Gasteiger partial charge in [-0.25, -0.2) is 21.6 Å². The third-order valence-corrected chi connectivity index (χ3v) is 6.44. The van der Waals surface area contributed by atoms with Crippen LogP contribution in [0.4, 0.5) is 5.69 Å². The Morgan fingerprint density at radius 2 is 1.32 bits per heavy atom. The van der Waals surface area contributed by atoms with Gasteiger partial charge in [0.1, 0.15) is 0 Å². The Hall–Kier alpha value is -1.90. The largest absolute Gasteiger partial charge is 0.280 e. The first-order chi connectivity index (χ1) is 11.7. The fourth-order valence-electron chi connectivity index (χ4n) is 2.10. The number of rotatable bonds is 8. The van der Waals surface area contributed by atoms with Crippen LogP contribution in [0.3, 0.4) is 0 Å². The molecule has 0 saturated carbocycles. The highest BCUT2D eigenvalue weighted by molar-refractivity contribution is 7.92. The van der Waals surface area contributed by atoms with Gasteiger partial charge in [-0.1, -0.05) is 31.0 Å². The number of hydrogen-bond donors (Lipinski definition) is 2. The van der Waals surface area contributed by atoms with E-state index in [9.17, 15) is 16.8 Å². The summed E-state index contributed by atoms with van der Waals surface area (Å²) in [5.74, 6) is 0. The Labute approximate surface area is 149 Å². The maximum absolute atomic E-state index is 12.3. The molecule has 0 spiro atoms. The SMILES string of the molecule is CCCCNS(=O)(=O)c1ccc(NS(=O)(=O)c2ccc(C)cc2)cc1. The van der Waals surface area contributed by atoms with Gasteiger partial charge < -0.3 is 0 Å². The highest BCUT2D eigenvalue weighted by Gasteiger charge is 2.16. The van der Waals surface area contributed by atoms with Crippen molar-refractivity contribution in [3.63, 3.8) is 0 Å². The van der Waals surface area contributed by atoms with E-state index in [1.54, 1.807) is 12.1 Å². The molecular formula is C17H22N2O4S2. The third-order valence-electron chi connectivity index (χ3n) is 3.57. The average Bonchev–Trinajstić information content (AvgIpc) is 2.55. The Balaban J connectivity index is 2.13.